The van der Waals surface area contributed by atoms with Crippen molar-refractivity contribution < 1.29 is 18.0 Å². The van der Waals surface area contributed by atoms with Crippen molar-refractivity contribution in [3.8, 4) is 22.4 Å². The molecule has 1 aliphatic rings. The molecule has 1 atom stereocenters. The van der Waals surface area contributed by atoms with E-state index in [4.69, 9.17) is 0 Å². The lowest BCUT2D eigenvalue weighted by Gasteiger charge is -2.25. The van der Waals surface area contributed by atoms with Gasteiger partial charge >= 0.3 is 6.18 Å². The number of aromatic amines is 1. The van der Waals surface area contributed by atoms with Crippen LogP contribution in [0.3, 0.4) is 0 Å². The maximum absolute atomic E-state index is 13.5. The van der Waals surface area contributed by atoms with Gasteiger partial charge in [0.2, 0.25) is 0 Å². The summed E-state index contributed by atoms with van der Waals surface area (Å²) in [6.45, 7) is 0.537. The molecule has 1 fully saturated rings. The second-order valence-corrected chi connectivity index (χ2v) is 8.26. The van der Waals surface area contributed by atoms with Gasteiger partial charge < -0.3 is 4.90 Å². The first-order valence-corrected chi connectivity index (χ1v) is 10.8. The van der Waals surface area contributed by atoms with Crippen LogP contribution in [0.25, 0.3) is 22.4 Å². The molecular weight excluding hydrogens is 445 g/mol. The SMILES string of the molecule is Cn1cc(-c2cc(C(=O)N3CCC[C@@H]3c3[nH]ncc3-c3cccc(C(F)(F)F)c3)ccn2)cn1. The summed E-state index contributed by atoms with van der Waals surface area (Å²) in [6, 6.07) is 8.22. The Morgan fingerprint density at radius 2 is 2.00 bits per heavy atom. The molecule has 1 N–H and O–H groups in total. The predicted octanol–water partition coefficient (Wildman–Crippen LogP) is 4.87. The van der Waals surface area contributed by atoms with Gasteiger partial charge in [0.25, 0.3) is 5.91 Å². The standard InChI is InChI=1S/C24H21F3N6O/c1-32-14-17(12-30-32)20-11-16(7-8-28-20)23(34)33-9-3-6-21(33)22-19(13-29-31-22)15-4-2-5-18(10-15)24(25,26)27/h2,4-5,7-8,10-14,21H,3,6,9H2,1H3,(H,29,31)/t21-/m1/s1. The zero-order valence-corrected chi connectivity index (χ0v) is 18.3. The molecule has 4 aromatic rings. The Morgan fingerprint density at radius 3 is 2.76 bits per heavy atom. The van der Waals surface area contributed by atoms with E-state index in [1.54, 1.807) is 47.2 Å². The van der Waals surface area contributed by atoms with Crippen molar-refractivity contribution in [3.05, 3.63) is 78.0 Å². The van der Waals surface area contributed by atoms with Crippen LogP contribution in [-0.4, -0.2) is 42.3 Å². The summed E-state index contributed by atoms with van der Waals surface area (Å²) in [6.07, 6.45) is 3.62. The van der Waals surface area contributed by atoms with Gasteiger partial charge in [-0.3, -0.25) is 19.6 Å². The van der Waals surface area contributed by atoms with Crippen LogP contribution in [0.15, 0.2) is 61.2 Å². The fourth-order valence-corrected chi connectivity index (χ4v) is 4.39. The Morgan fingerprint density at radius 1 is 1.15 bits per heavy atom. The van der Waals surface area contributed by atoms with E-state index in [0.717, 1.165) is 24.1 Å². The van der Waals surface area contributed by atoms with Crippen LogP contribution in [0.4, 0.5) is 13.2 Å². The van der Waals surface area contributed by atoms with Crippen molar-refractivity contribution in [1.82, 2.24) is 29.9 Å². The van der Waals surface area contributed by atoms with Crippen molar-refractivity contribution in [2.24, 2.45) is 7.05 Å². The number of aromatic nitrogens is 5. The number of hydrogen-bond donors (Lipinski definition) is 1. The van der Waals surface area contributed by atoms with Crippen LogP contribution in [0.5, 0.6) is 0 Å². The second kappa shape index (κ2) is 8.44. The number of H-pyrrole nitrogens is 1. The van der Waals surface area contributed by atoms with E-state index in [2.05, 4.69) is 20.3 Å². The number of hydrogen-bond acceptors (Lipinski definition) is 4. The fraction of sp³-hybridized carbons (Fsp3) is 0.250. The summed E-state index contributed by atoms with van der Waals surface area (Å²) < 4.78 is 41.4. The highest BCUT2D eigenvalue weighted by Crippen LogP contribution is 2.39. The summed E-state index contributed by atoms with van der Waals surface area (Å²) in [7, 11) is 1.81. The number of likely N-dealkylation sites (tertiary alicyclic amines) is 1. The van der Waals surface area contributed by atoms with E-state index >= 15 is 0 Å². The van der Waals surface area contributed by atoms with E-state index in [0.29, 0.717) is 41.0 Å². The molecule has 0 radical (unpaired) electrons. The number of carbonyl (C=O) groups is 1. The summed E-state index contributed by atoms with van der Waals surface area (Å²) in [5, 5.41) is 11.2. The molecule has 174 valence electrons. The van der Waals surface area contributed by atoms with Crippen molar-refractivity contribution >= 4 is 5.91 Å². The molecule has 10 heteroatoms. The smallest absolute Gasteiger partial charge is 0.330 e. The zero-order valence-electron chi connectivity index (χ0n) is 18.3. The molecule has 7 nitrogen and oxygen atoms in total. The second-order valence-electron chi connectivity index (χ2n) is 8.26. The number of rotatable bonds is 4. The van der Waals surface area contributed by atoms with Crippen molar-refractivity contribution in [1.29, 1.82) is 0 Å². The van der Waals surface area contributed by atoms with Crippen molar-refractivity contribution in [2.75, 3.05) is 6.54 Å². The first kappa shape index (κ1) is 21.9. The Kier molecular flexibility index (Phi) is 5.43. The molecule has 3 aromatic heterocycles. The van der Waals surface area contributed by atoms with Gasteiger partial charge in [-0.05, 0) is 42.7 Å². The third-order valence-corrected chi connectivity index (χ3v) is 6.02. The highest BCUT2D eigenvalue weighted by Gasteiger charge is 2.34. The number of aryl methyl sites for hydroxylation is 1. The highest BCUT2D eigenvalue weighted by molar-refractivity contribution is 5.95. The Balaban J connectivity index is 1.45. The van der Waals surface area contributed by atoms with E-state index in [-0.39, 0.29) is 11.9 Å². The third-order valence-electron chi connectivity index (χ3n) is 6.02. The van der Waals surface area contributed by atoms with Gasteiger partial charge in [-0.1, -0.05) is 12.1 Å². The van der Waals surface area contributed by atoms with E-state index in [9.17, 15) is 18.0 Å². The molecular formula is C24H21F3N6O. The number of alkyl halides is 3. The van der Waals surface area contributed by atoms with Crippen molar-refractivity contribution in [3.63, 3.8) is 0 Å². The number of halogens is 3. The number of amides is 1. The molecule has 1 aromatic carbocycles. The zero-order chi connectivity index (χ0) is 23.9. The van der Waals surface area contributed by atoms with Crippen LogP contribution in [0.2, 0.25) is 0 Å². The topological polar surface area (TPSA) is 79.7 Å². The predicted molar refractivity (Wildman–Crippen MR) is 118 cm³/mol. The molecule has 1 amide bonds. The van der Waals surface area contributed by atoms with Gasteiger partial charge in [0.05, 0.1) is 35.4 Å². The molecule has 1 saturated heterocycles. The number of benzene rings is 1. The number of nitrogens with zero attached hydrogens (tertiary/aromatic N) is 5. The largest absolute Gasteiger partial charge is 0.416 e. The minimum Gasteiger partial charge on any atom is -0.330 e. The van der Waals surface area contributed by atoms with E-state index in [1.807, 2.05) is 6.20 Å². The number of pyridine rings is 1. The van der Waals surface area contributed by atoms with Gasteiger partial charge in [0.15, 0.2) is 0 Å². The first-order valence-electron chi connectivity index (χ1n) is 10.8. The molecule has 0 spiro atoms. The Labute approximate surface area is 193 Å². The summed E-state index contributed by atoms with van der Waals surface area (Å²) in [4.78, 5) is 19.6. The lowest BCUT2D eigenvalue weighted by Crippen LogP contribution is -2.31. The van der Waals surface area contributed by atoms with Crippen LogP contribution < -0.4 is 0 Å². The van der Waals surface area contributed by atoms with Crippen LogP contribution >= 0.6 is 0 Å². The summed E-state index contributed by atoms with van der Waals surface area (Å²) in [5.74, 6) is -0.167. The van der Waals surface area contributed by atoms with Gasteiger partial charge in [0.1, 0.15) is 0 Å². The quantitative estimate of drug-likeness (QED) is 0.466. The average Bonchev–Trinajstić information content (AvgIpc) is 3.58. The maximum Gasteiger partial charge on any atom is 0.416 e. The lowest BCUT2D eigenvalue weighted by molar-refractivity contribution is -0.137. The third kappa shape index (κ3) is 4.07. The summed E-state index contributed by atoms with van der Waals surface area (Å²) in [5.41, 5.74) is 2.79. The first-order chi connectivity index (χ1) is 16.3. The lowest BCUT2D eigenvalue weighted by atomic mass is 9.99. The Bertz CT molecular complexity index is 1340. The van der Waals surface area contributed by atoms with Gasteiger partial charge in [0, 0.05) is 42.7 Å². The van der Waals surface area contributed by atoms with Crippen LogP contribution in [-0.2, 0) is 13.2 Å². The Hall–Kier alpha value is -3.95. The van der Waals surface area contributed by atoms with Crippen molar-refractivity contribution in [2.45, 2.75) is 25.1 Å². The van der Waals surface area contributed by atoms with Crippen LogP contribution in [0.1, 0.15) is 40.5 Å². The molecule has 34 heavy (non-hydrogen) atoms. The maximum atomic E-state index is 13.5. The molecule has 0 saturated carbocycles. The molecule has 0 aliphatic carbocycles. The number of carbonyl (C=O) groups excluding carboxylic acids is 1. The van der Waals surface area contributed by atoms with Gasteiger partial charge in [-0.2, -0.15) is 23.4 Å². The average molecular weight is 466 g/mol. The molecule has 0 bridgehead atoms. The minimum absolute atomic E-state index is 0.167. The fourth-order valence-electron chi connectivity index (χ4n) is 4.39. The molecule has 0 unspecified atom stereocenters. The summed E-state index contributed by atoms with van der Waals surface area (Å²) >= 11 is 0. The molecule has 5 rings (SSSR count). The highest BCUT2D eigenvalue weighted by atomic mass is 19.4. The van der Waals surface area contributed by atoms with E-state index in [1.165, 1.54) is 12.3 Å². The van der Waals surface area contributed by atoms with Gasteiger partial charge in [-0.15, -0.1) is 0 Å². The van der Waals surface area contributed by atoms with Gasteiger partial charge in [-0.25, -0.2) is 0 Å². The van der Waals surface area contributed by atoms with E-state index < -0.39 is 11.7 Å². The van der Waals surface area contributed by atoms with Crippen LogP contribution in [0, 0.1) is 0 Å². The normalized spacial score (nSPS) is 16.2. The molecule has 1 aliphatic heterocycles. The monoisotopic (exact) mass is 466 g/mol. The molecule has 4 heterocycles. The number of nitrogens with one attached hydrogen (secondary N) is 1. The minimum atomic E-state index is -4.44.